The topological polar surface area (TPSA) is 0 Å². The first-order valence-electron chi connectivity index (χ1n) is 3.30. The Morgan fingerprint density at radius 3 is 1.82 bits per heavy atom. The lowest BCUT2D eigenvalue weighted by molar-refractivity contribution is 0.495. The van der Waals surface area contributed by atoms with Gasteiger partial charge in [0.2, 0.25) is 0 Å². The highest BCUT2D eigenvalue weighted by atomic mass is 19.2. The summed E-state index contributed by atoms with van der Waals surface area (Å²) in [6.45, 7) is 4.00. The molecule has 0 radical (unpaired) electrons. The SMILES string of the molecule is CC.Fc1ccc(F)c(F)c1. The standard InChI is InChI=1S/C6H3F3.C2H6/c7-4-1-2-5(8)6(9)3-4;1-2/h1-3H;1-2H3. The zero-order valence-electron chi connectivity index (χ0n) is 6.37. The van der Waals surface area contributed by atoms with Gasteiger partial charge in [-0.25, -0.2) is 13.2 Å². The first-order chi connectivity index (χ1) is 5.20. The van der Waals surface area contributed by atoms with Crippen LogP contribution in [0.5, 0.6) is 0 Å². The molecule has 0 saturated heterocycles. The van der Waals surface area contributed by atoms with Crippen molar-refractivity contribution in [2.75, 3.05) is 0 Å². The Kier molecular flexibility index (Phi) is 4.34. The van der Waals surface area contributed by atoms with Crippen LogP contribution >= 0.6 is 0 Å². The third-order valence-electron chi connectivity index (χ3n) is 0.882. The molecule has 0 fully saturated rings. The normalized spacial score (nSPS) is 8.45. The molecule has 0 aliphatic carbocycles. The van der Waals surface area contributed by atoms with Crippen LogP contribution in [-0.2, 0) is 0 Å². The van der Waals surface area contributed by atoms with E-state index in [0.29, 0.717) is 6.07 Å². The highest BCUT2D eigenvalue weighted by molar-refractivity contribution is 5.07. The molecule has 0 atom stereocenters. The van der Waals surface area contributed by atoms with E-state index in [1.165, 1.54) is 0 Å². The van der Waals surface area contributed by atoms with Crippen molar-refractivity contribution in [3.8, 4) is 0 Å². The molecule has 3 heteroatoms. The molecule has 0 aromatic heterocycles. The molecule has 0 unspecified atom stereocenters. The molecule has 0 N–H and O–H groups in total. The number of halogens is 3. The van der Waals surface area contributed by atoms with Crippen LogP contribution in [0.15, 0.2) is 18.2 Å². The minimum absolute atomic E-state index is 0.495. The Labute approximate surface area is 63.7 Å². The lowest BCUT2D eigenvalue weighted by Crippen LogP contribution is -1.83. The maximum Gasteiger partial charge on any atom is 0.161 e. The van der Waals surface area contributed by atoms with Gasteiger partial charge in [-0.05, 0) is 12.1 Å². The number of rotatable bonds is 0. The molecule has 62 valence electrons. The van der Waals surface area contributed by atoms with E-state index in [1.807, 2.05) is 13.8 Å². The van der Waals surface area contributed by atoms with E-state index in [1.54, 1.807) is 0 Å². The average Bonchev–Trinajstić information content (AvgIpc) is 2.02. The van der Waals surface area contributed by atoms with E-state index in [9.17, 15) is 13.2 Å². The van der Waals surface area contributed by atoms with E-state index >= 15 is 0 Å². The number of hydrogen-bond donors (Lipinski definition) is 0. The van der Waals surface area contributed by atoms with Crippen molar-refractivity contribution in [1.29, 1.82) is 0 Å². The van der Waals surface area contributed by atoms with Gasteiger partial charge in [0.15, 0.2) is 11.6 Å². The number of hydrogen-bond acceptors (Lipinski definition) is 0. The van der Waals surface area contributed by atoms with Crippen LogP contribution in [0, 0.1) is 17.5 Å². The van der Waals surface area contributed by atoms with Gasteiger partial charge in [-0.2, -0.15) is 0 Å². The summed E-state index contributed by atoms with van der Waals surface area (Å²) in [5.74, 6) is -2.96. The van der Waals surface area contributed by atoms with Crippen molar-refractivity contribution in [2.24, 2.45) is 0 Å². The molecule has 1 rings (SSSR count). The molecule has 0 heterocycles. The van der Waals surface area contributed by atoms with Gasteiger partial charge in [0.25, 0.3) is 0 Å². The Bertz CT molecular complexity index is 221. The highest BCUT2D eigenvalue weighted by Crippen LogP contribution is 2.05. The molecule has 0 aliphatic heterocycles. The molecule has 11 heavy (non-hydrogen) atoms. The molecule has 1 aromatic rings. The maximum absolute atomic E-state index is 12.0. The fourth-order valence-corrected chi connectivity index (χ4v) is 0.470. The zero-order chi connectivity index (χ0) is 8.85. The lowest BCUT2D eigenvalue weighted by Gasteiger charge is -1.88. The van der Waals surface area contributed by atoms with E-state index in [-0.39, 0.29) is 0 Å². The predicted octanol–water partition coefficient (Wildman–Crippen LogP) is 3.13. The summed E-state index contributed by atoms with van der Waals surface area (Å²) in [6, 6.07) is 2.10. The van der Waals surface area contributed by atoms with Gasteiger partial charge >= 0.3 is 0 Å². The van der Waals surface area contributed by atoms with Gasteiger partial charge in [-0.1, -0.05) is 13.8 Å². The molecule has 0 aliphatic rings. The summed E-state index contributed by atoms with van der Waals surface area (Å²) in [7, 11) is 0. The Balaban J connectivity index is 0.000000461. The van der Waals surface area contributed by atoms with Crippen molar-refractivity contribution in [2.45, 2.75) is 13.8 Å². The van der Waals surface area contributed by atoms with Crippen molar-refractivity contribution in [3.63, 3.8) is 0 Å². The van der Waals surface area contributed by atoms with Crippen molar-refractivity contribution in [1.82, 2.24) is 0 Å². The molecular formula is C8H9F3. The van der Waals surface area contributed by atoms with E-state index in [2.05, 4.69) is 0 Å². The van der Waals surface area contributed by atoms with Gasteiger partial charge in [-0.3, -0.25) is 0 Å². The second-order valence-electron chi connectivity index (χ2n) is 1.56. The van der Waals surface area contributed by atoms with Crippen molar-refractivity contribution < 1.29 is 13.2 Å². The minimum Gasteiger partial charge on any atom is -0.207 e. The van der Waals surface area contributed by atoms with Gasteiger partial charge in [0.1, 0.15) is 5.82 Å². The monoisotopic (exact) mass is 162 g/mol. The molecule has 0 bridgehead atoms. The average molecular weight is 162 g/mol. The predicted molar refractivity (Wildman–Crippen MR) is 37.7 cm³/mol. The minimum atomic E-state index is -1.16. The molecule has 0 amide bonds. The first-order valence-corrected chi connectivity index (χ1v) is 3.30. The summed E-state index contributed by atoms with van der Waals surface area (Å²) >= 11 is 0. The number of benzene rings is 1. The first kappa shape index (κ1) is 10.0. The largest absolute Gasteiger partial charge is 0.207 e. The Morgan fingerprint density at radius 1 is 0.909 bits per heavy atom. The fourth-order valence-electron chi connectivity index (χ4n) is 0.470. The fraction of sp³-hybridized carbons (Fsp3) is 0.250. The summed E-state index contributed by atoms with van der Waals surface area (Å²) in [5.41, 5.74) is 0. The second kappa shape index (κ2) is 4.77. The molecule has 1 aromatic carbocycles. The van der Waals surface area contributed by atoms with Crippen LogP contribution in [-0.4, -0.2) is 0 Å². The third kappa shape index (κ3) is 3.07. The molecule has 0 saturated carbocycles. The van der Waals surface area contributed by atoms with Crippen LogP contribution in [0.25, 0.3) is 0 Å². The summed E-state index contributed by atoms with van der Waals surface area (Å²) in [4.78, 5) is 0. The van der Waals surface area contributed by atoms with Crippen LogP contribution in [0.1, 0.15) is 13.8 Å². The lowest BCUT2D eigenvalue weighted by atomic mass is 10.3. The maximum atomic E-state index is 12.0. The molecular weight excluding hydrogens is 153 g/mol. The quantitative estimate of drug-likeness (QED) is 0.514. The van der Waals surface area contributed by atoms with E-state index in [0.717, 1.165) is 12.1 Å². The highest BCUT2D eigenvalue weighted by Gasteiger charge is 1.99. The summed E-state index contributed by atoms with van der Waals surface area (Å²) in [5, 5.41) is 0. The van der Waals surface area contributed by atoms with Crippen LogP contribution in [0.2, 0.25) is 0 Å². The Morgan fingerprint density at radius 2 is 1.45 bits per heavy atom. The molecule has 0 spiro atoms. The summed E-state index contributed by atoms with van der Waals surface area (Å²) < 4.78 is 35.9. The van der Waals surface area contributed by atoms with Crippen LogP contribution < -0.4 is 0 Å². The van der Waals surface area contributed by atoms with Gasteiger partial charge < -0.3 is 0 Å². The van der Waals surface area contributed by atoms with E-state index in [4.69, 9.17) is 0 Å². The van der Waals surface area contributed by atoms with Crippen LogP contribution in [0.4, 0.5) is 13.2 Å². The Hall–Kier alpha value is -0.990. The smallest absolute Gasteiger partial charge is 0.161 e. The van der Waals surface area contributed by atoms with Crippen molar-refractivity contribution >= 4 is 0 Å². The van der Waals surface area contributed by atoms with E-state index < -0.39 is 17.5 Å². The van der Waals surface area contributed by atoms with Crippen molar-refractivity contribution in [3.05, 3.63) is 35.7 Å². The summed E-state index contributed by atoms with van der Waals surface area (Å²) in [6.07, 6.45) is 0. The van der Waals surface area contributed by atoms with Gasteiger partial charge in [-0.15, -0.1) is 0 Å². The second-order valence-corrected chi connectivity index (χ2v) is 1.56. The van der Waals surface area contributed by atoms with Crippen LogP contribution in [0.3, 0.4) is 0 Å². The zero-order valence-corrected chi connectivity index (χ0v) is 6.37. The third-order valence-corrected chi connectivity index (χ3v) is 0.882. The van der Waals surface area contributed by atoms with Gasteiger partial charge in [0, 0.05) is 6.07 Å². The molecule has 0 nitrogen and oxygen atoms in total. The van der Waals surface area contributed by atoms with Gasteiger partial charge in [0.05, 0.1) is 0 Å².